The number of hydrogen-bond acceptors (Lipinski definition) is 3. The van der Waals surface area contributed by atoms with E-state index < -0.39 is 5.97 Å². The van der Waals surface area contributed by atoms with E-state index >= 15 is 0 Å². The fourth-order valence-corrected chi connectivity index (χ4v) is 3.38. The third-order valence-corrected chi connectivity index (χ3v) is 4.58. The lowest BCUT2D eigenvalue weighted by molar-refractivity contribution is 0.0702. The summed E-state index contributed by atoms with van der Waals surface area (Å²) in [6.45, 7) is 0. The Morgan fingerprint density at radius 2 is 2.18 bits per heavy atom. The predicted octanol–water partition coefficient (Wildman–Crippen LogP) is 4.39. The Labute approximate surface area is 112 Å². The van der Waals surface area contributed by atoms with Crippen LogP contribution in [-0.4, -0.2) is 11.1 Å². The summed E-state index contributed by atoms with van der Waals surface area (Å²) in [6, 6.07) is 11.1. The lowest BCUT2D eigenvalue weighted by Gasteiger charge is -1.99. The smallest absolute Gasteiger partial charge is 0.345 e. The van der Waals surface area contributed by atoms with Crippen LogP contribution in [0.1, 0.15) is 14.5 Å². The third kappa shape index (κ3) is 3.49. The molecule has 0 bridgehead atoms. The molecule has 2 rings (SSSR count). The molecule has 1 N–H and O–H groups in total. The highest BCUT2D eigenvalue weighted by Gasteiger charge is 2.07. The second-order valence-electron chi connectivity index (χ2n) is 3.32. The molecule has 0 unspecified atom stereocenters. The lowest BCUT2D eigenvalue weighted by atomic mass is 10.4. The van der Waals surface area contributed by atoms with Gasteiger partial charge in [0, 0.05) is 20.5 Å². The minimum Gasteiger partial charge on any atom is -0.477 e. The normalized spacial score (nSPS) is 10.4. The molecule has 2 nitrogen and oxygen atoms in total. The van der Waals surface area contributed by atoms with E-state index in [1.807, 2.05) is 30.3 Å². The number of aromatic carboxylic acids is 1. The first-order valence-corrected chi connectivity index (χ1v) is 7.03. The molecule has 0 aliphatic carbocycles. The number of thioether (sulfide) groups is 1. The summed E-state index contributed by atoms with van der Waals surface area (Å²) >= 11 is 8.84. The molecule has 0 aliphatic rings. The zero-order chi connectivity index (χ0) is 12.3. The Bertz CT molecular complexity index is 537. The van der Waals surface area contributed by atoms with Gasteiger partial charge in [-0.25, -0.2) is 4.79 Å². The fourth-order valence-electron chi connectivity index (χ4n) is 1.28. The molecule has 0 fully saturated rings. The largest absolute Gasteiger partial charge is 0.477 e. The van der Waals surface area contributed by atoms with Crippen LogP contribution < -0.4 is 0 Å². The van der Waals surface area contributed by atoms with Crippen LogP contribution in [-0.2, 0) is 5.75 Å². The Balaban J connectivity index is 2.00. The van der Waals surface area contributed by atoms with Gasteiger partial charge in [-0.2, -0.15) is 0 Å². The zero-order valence-electron chi connectivity index (χ0n) is 8.72. The molecule has 1 aromatic carbocycles. The van der Waals surface area contributed by atoms with Crippen molar-refractivity contribution in [2.45, 2.75) is 10.6 Å². The number of halogens is 1. The van der Waals surface area contributed by atoms with Crippen LogP contribution in [0.4, 0.5) is 0 Å². The summed E-state index contributed by atoms with van der Waals surface area (Å²) in [4.78, 5) is 13.2. The van der Waals surface area contributed by atoms with Gasteiger partial charge in [0.15, 0.2) is 0 Å². The Morgan fingerprint density at radius 3 is 2.82 bits per heavy atom. The molecule has 2 aromatic rings. The van der Waals surface area contributed by atoms with Crippen LogP contribution in [0, 0.1) is 0 Å². The summed E-state index contributed by atoms with van der Waals surface area (Å²) in [5, 5.41) is 9.52. The topological polar surface area (TPSA) is 37.3 Å². The number of benzene rings is 1. The van der Waals surface area contributed by atoms with Crippen molar-refractivity contribution in [3.8, 4) is 0 Å². The van der Waals surface area contributed by atoms with E-state index in [1.165, 1.54) is 11.3 Å². The van der Waals surface area contributed by atoms with Crippen molar-refractivity contribution < 1.29 is 9.90 Å². The van der Waals surface area contributed by atoms with Crippen LogP contribution >= 0.6 is 34.7 Å². The quantitative estimate of drug-likeness (QED) is 0.846. The summed E-state index contributed by atoms with van der Waals surface area (Å²) < 4.78 is 0. The first kappa shape index (κ1) is 12.5. The lowest BCUT2D eigenvalue weighted by Crippen LogP contribution is -1.89. The van der Waals surface area contributed by atoms with Gasteiger partial charge in [0.05, 0.1) is 0 Å². The molecule has 0 saturated heterocycles. The van der Waals surface area contributed by atoms with Gasteiger partial charge in [-0.15, -0.1) is 23.1 Å². The number of rotatable bonds is 4. The van der Waals surface area contributed by atoms with E-state index in [2.05, 4.69) is 0 Å². The highest BCUT2D eigenvalue weighted by molar-refractivity contribution is 7.98. The van der Waals surface area contributed by atoms with E-state index in [1.54, 1.807) is 17.8 Å². The number of thiophene rings is 1. The first-order valence-electron chi connectivity index (χ1n) is 4.85. The number of carboxylic acid groups (broad SMARTS) is 1. The second kappa shape index (κ2) is 5.58. The summed E-state index contributed by atoms with van der Waals surface area (Å²) in [7, 11) is 0. The zero-order valence-corrected chi connectivity index (χ0v) is 11.1. The minimum atomic E-state index is -0.867. The van der Waals surface area contributed by atoms with Gasteiger partial charge in [0.1, 0.15) is 4.88 Å². The molecule has 17 heavy (non-hydrogen) atoms. The Morgan fingerprint density at radius 1 is 1.35 bits per heavy atom. The maximum absolute atomic E-state index is 10.7. The second-order valence-corrected chi connectivity index (χ2v) is 5.97. The van der Waals surface area contributed by atoms with E-state index in [0.29, 0.717) is 9.90 Å². The predicted molar refractivity (Wildman–Crippen MR) is 72.3 cm³/mol. The molecule has 0 aliphatic heterocycles. The third-order valence-electron chi connectivity index (χ3n) is 2.05. The van der Waals surface area contributed by atoms with Crippen molar-refractivity contribution >= 4 is 40.7 Å². The molecule has 0 amide bonds. The van der Waals surface area contributed by atoms with E-state index in [4.69, 9.17) is 16.7 Å². The summed E-state index contributed by atoms with van der Waals surface area (Å²) in [5.74, 6) is -0.104. The molecule has 0 spiro atoms. The van der Waals surface area contributed by atoms with Crippen molar-refractivity contribution in [2.75, 3.05) is 0 Å². The van der Waals surface area contributed by atoms with Crippen LogP contribution in [0.25, 0.3) is 0 Å². The molecule has 1 aromatic heterocycles. The number of carbonyl (C=O) groups is 1. The molecular formula is C12H9ClO2S2. The van der Waals surface area contributed by atoms with Gasteiger partial charge in [-0.05, 0) is 30.3 Å². The van der Waals surface area contributed by atoms with Crippen molar-refractivity contribution in [1.29, 1.82) is 0 Å². The van der Waals surface area contributed by atoms with Gasteiger partial charge >= 0.3 is 5.97 Å². The molecule has 88 valence electrons. The maximum Gasteiger partial charge on any atom is 0.345 e. The average molecular weight is 285 g/mol. The van der Waals surface area contributed by atoms with Gasteiger partial charge in [0.25, 0.3) is 0 Å². The fraction of sp³-hybridized carbons (Fsp3) is 0.0833. The molecule has 0 saturated carbocycles. The van der Waals surface area contributed by atoms with Gasteiger partial charge in [0.2, 0.25) is 0 Å². The molecular weight excluding hydrogens is 276 g/mol. The number of carboxylic acids is 1. The van der Waals surface area contributed by atoms with Gasteiger partial charge < -0.3 is 5.11 Å². The van der Waals surface area contributed by atoms with E-state index in [9.17, 15) is 4.79 Å². The molecule has 0 atom stereocenters. The molecule has 0 radical (unpaired) electrons. The van der Waals surface area contributed by atoms with Crippen LogP contribution in [0.15, 0.2) is 41.3 Å². The van der Waals surface area contributed by atoms with Gasteiger partial charge in [-0.1, -0.05) is 17.7 Å². The summed E-state index contributed by atoms with van der Waals surface area (Å²) in [5.41, 5.74) is 0. The van der Waals surface area contributed by atoms with Crippen molar-refractivity contribution in [2.24, 2.45) is 0 Å². The average Bonchev–Trinajstić information content (AvgIpc) is 2.75. The van der Waals surface area contributed by atoms with Crippen LogP contribution in [0.3, 0.4) is 0 Å². The van der Waals surface area contributed by atoms with E-state index in [-0.39, 0.29) is 0 Å². The summed E-state index contributed by atoms with van der Waals surface area (Å²) in [6.07, 6.45) is 0. The van der Waals surface area contributed by atoms with Crippen LogP contribution in [0.2, 0.25) is 5.02 Å². The molecule has 1 heterocycles. The Kier molecular flexibility index (Phi) is 4.10. The van der Waals surface area contributed by atoms with Crippen molar-refractivity contribution in [1.82, 2.24) is 0 Å². The Hall–Kier alpha value is -0.970. The maximum atomic E-state index is 10.7. The minimum absolute atomic E-state index is 0.381. The first-order chi connectivity index (χ1) is 8.15. The monoisotopic (exact) mass is 284 g/mol. The van der Waals surface area contributed by atoms with E-state index in [0.717, 1.165) is 15.5 Å². The SMILES string of the molecule is O=C(O)c1ccc(CSc2cccc(Cl)c2)s1. The van der Waals surface area contributed by atoms with Crippen molar-refractivity contribution in [3.05, 3.63) is 51.2 Å². The highest BCUT2D eigenvalue weighted by atomic mass is 35.5. The highest BCUT2D eigenvalue weighted by Crippen LogP contribution is 2.28. The standard InChI is InChI=1S/C12H9ClO2S2/c13-8-2-1-3-9(6-8)16-7-10-4-5-11(17-10)12(14)15/h1-6H,7H2,(H,14,15). The number of hydrogen-bond donors (Lipinski definition) is 1. The molecule has 5 heteroatoms. The van der Waals surface area contributed by atoms with Crippen LogP contribution in [0.5, 0.6) is 0 Å². The van der Waals surface area contributed by atoms with Crippen molar-refractivity contribution in [3.63, 3.8) is 0 Å². The van der Waals surface area contributed by atoms with Gasteiger partial charge in [-0.3, -0.25) is 0 Å².